The predicted molar refractivity (Wildman–Crippen MR) is 67.8 cm³/mol. The summed E-state index contributed by atoms with van der Waals surface area (Å²) in [5.74, 6) is 0.555. The van der Waals surface area contributed by atoms with Crippen molar-refractivity contribution in [3.8, 4) is 11.3 Å². The average Bonchev–Trinajstić information content (AvgIpc) is 2.81. The van der Waals surface area contributed by atoms with Gasteiger partial charge in [-0.2, -0.15) is 13.2 Å². The molecule has 0 saturated heterocycles. The lowest BCUT2D eigenvalue weighted by Crippen LogP contribution is -2.25. The standard InChI is InChI=1S/C15H11F3NO/c1-19-6-4-10(5-7-19)14-9-11-8-12(15(16,17)18)2-3-13(11)20-14/h2-9H,1H3/q+1. The molecule has 0 bridgehead atoms. The third-order valence-corrected chi connectivity index (χ3v) is 3.11. The van der Waals surface area contributed by atoms with Crippen molar-refractivity contribution in [2.45, 2.75) is 6.18 Å². The number of halogens is 3. The van der Waals surface area contributed by atoms with Crippen LogP contribution in [0.2, 0.25) is 0 Å². The van der Waals surface area contributed by atoms with Crippen LogP contribution < -0.4 is 4.57 Å². The number of aromatic nitrogens is 1. The van der Waals surface area contributed by atoms with E-state index in [9.17, 15) is 13.2 Å². The second-order valence-corrected chi connectivity index (χ2v) is 4.61. The second kappa shape index (κ2) is 4.37. The first-order chi connectivity index (χ1) is 9.43. The van der Waals surface area contributed by atoms with E-state index in [4.69, 9.17) is 4.42 Å². The van der Waals surface area contributed by atoms with Crippen molar-refractivity contribution in [1.29, 1.82) is 0 Å². The monoisotopic (exact) mass is 278 g/mol. The maximum Gasteiger partial charge on any atom is 0.416 e. The summed E-state index contributed by atoms with van der Waals surface area (Å²) in [6.07, 6.45) is -0.639. The molecule has 0 spiro atoms. The molecule has 0 fully saturated rings. The third-order valence-electron chi connectivity index (χ3n) is 3.11. The first-order valence-corrected chi connectivity index (χ1v) is 6.00. The van der Waals surface area contributed by atoms with E-state index in [1.54, 1.807) is 6.07 Å². The van der Waals surface area contributed by atoms with E-state index in [2.05, 4.69) is 0 Å². The van der Waals surface area contributed by atoms with Crippen LogP contribution in [0.3, 0.4) is 0 Å². The highest BCUT2D eigenvalue weighted by Gasteiger charge is 2.30. The van der Waals surface area contributed by atoms with Gasteiger partial charge < -0.3 is 4.42 Å². The molecule has 3 aromatic rings. The number of fused-ring (bicyclic) bond motifs is 1. The number of hydrogen-bond donors (Lipinski definition) is 0. The summed E-state index contributed by atoms with van der Waals surface area (Å²) in [5.41, 5.74) is 0.603. The summed E-state index contributed by atoms with van der Waals surface area (Å²) < 4.78 is 45.4. The highest BCUT2D eigenvalue weighted by Crippen LogP contribution is 2.34. The lowest BCUT2D eigenvalue weighted by Gasteiger charge is -2.04. The van der Waals surface area contributed by atoms with Crippen LogP contribution in [0.1, 0.15) is 5.56 Å². The van der Waals surface area contributed by atoms with Gasteiger partial charge in [-0.05, 0) is 24.3 Å². The molecule has 1 aromatic carbocycles. The van der Waals surface area contributed by atoms with Gasteiger partial charge in [0, 0.05) is 23.1 Å². The SMILES string of the molecule is C[n+]1ccc(-c2cc3cc(C(F)(F)F)ccc3o2)cc1. The number of nitrogens with zero attached hydrogens (tertiary/aromatic N) is 1. The Bertz CT molecular complexity index is 757. The van der Waals surface area contributed by atoms with Gasteiger partial charge in [0.05, 0.1) is 5.56 Å². The maximum atomic E-state index is 12.7. The lowest BCUT2D eigenvalue weighted by atomic mass is 10.1. The summed E-state index contributed by atoms with van der Waals surface area (Å²) in [4.78, 5) is 0. The van der Waals surface area contributed by atoms with E-state index in [0.29, 0.717) is 16.7 Å². The number of alkyl halides is 3. The Morgan fingerprint density at radius 2 is 1.70 bits per heavy atom. The molecule has 0 atom stereocenters. The van der Waals surface area contributed by atoms with Crippen LogP contribution in [0.4, 0.5) is 13.2 Å². The topological polar surface area (TPSA) is 17.0 Å². The molecular formula is C15H11F3NO+. The number of furan rings is 1. The molecule has 102 valence electrons. The van der Waals surface area contributed by atoms with Gasteiger partial charge in [-0.25, -0.2) is 4.57 Å². The molecule has 2 aromatic heterocycles. The van der Waals surface area contributed by atoms with Crippen LogP contribution in [-0.4, -0.2) is 0 Å². The molecule has 5 heteroatoms. The summed E-state index contributed by atoms with van der Waals surface area (Å²) in [7, 11) is 1.89. The van der Waals surface area contributed by atoms with Crippen LogP contribution in [0.5, 0.6) is 0 Å². The van der Waals surface area contributed by atoms with Gasteiger partial charge in [0.1, 0.15) is 18.4 Å². The largest absolute Gasteiger partial charge is 0.456 e. The molecule has 0 aliphatic rings. The highest BCUT2D eigenvalue weighted by atomic mass is 19.4. The fourth-order valence-corrected chi connectivity index (χ4v) is 2.03. The number of hydrogen-bond acceptors (Lipinski definition) is 1. The number of benzene rings is 1. The zero-order valence-corrected chi connectivity index (χ0v) is 10.6. The van der Waals surface area contributed by atoms with E-state index >= 15 is 0 Å². The molecule has 20 heavy (non-hydrogen) atoms. The van der Waals surface area contributed by atoms with Crippen molar-refractivity contribution in [3.63, 3.8) is 0 Å². The van der Waals surface area contributed by atoms with Gasteiger partial charge in [-0.15, -0.1) is 0 Å². The van der Waals surface area contributed by atoms with Crippen LogP contribution in [0, 0.1) is 0 Å². The fraction of sp³-hybridized carbons (Fsp3) is 0.133. The fourth-order valence-electron chi connectivity index (χ4n) is 2.03. The van der Waals surface area contributed by atoms with Gasteiger partial charge in [0.15, 0.2) is 12.4 Å². The minimum absolute atomic E-state index is 0.446. The van der Waals surface area contributed by atoms with Crippen molar-refractivity contribution >= 4 is 11.0 Å². The van der Waals surface area contributed by atoms with E-state index in [1.807, 2.05) is 36.1 Å². The number of rotatable bonds is 1. The Kier molecular flexibility index (Phi) is 2.78. The highest BCUT2D eigenvalue weighted by molar-refractivity contribution is 5.83. The number of aryl methyl sites for hydroxylation is 1. The minimum atomic E-state index is -4.34. The molecule has 0 aliphatic carbocycles. The maximum absolute atomic E-state index is 12.7. The molecule has 0 amide bonds. The molecule has 3 rings (SSSR count). The first-order valence-electron chi connectivity index (χ1n) is 6.00. The molecule has 2 heterocycles. The lowest BCUT2D eigenvalue weighted by molar-refractivity contribution is -0.671. The molecule has 0 unspecified atom stereocenters. The van der Waals surface area contributed by atoms with E-state index < -0.39 is 11.7 Å². The van der Waals surface area contributed by atoms with Crippen LogP contribution in [-0.2, 0) is 13.2 Å². The Labute approximate surface area is 113 Å². The molecular weight excluding hydrogens is 267 g/mol. The second-order valence-electron chi connectivity index (χ2n) is 4.61. The van der Waals surface area contributed by atoms with Gasteiger partial charge >= 0.3 is 6.18 Å². The van der Waals surface area contributed by atoms with Crippen molar-refractivity contribution in [2.75, 3.05) is 0 Å². The Morgan fingerprint density at radius 1 is 1.00 bits per heavy atom. The van der Waals surface area contributed by atoms with Gasteiger partial charge in [-0.3, -0.25) is 0 Å². The quantitative estimate of drug-likeness (QED) is 0.616. The van der Waals surface area contributed by atoms with Gasteiger partial charge in [-0.1, -0.05) is 0 Å². The smallest absolute Gasteiger partial charge is 0.416 e. The van der Waals surface area contributed by atoms with Crippen molar-refractivity contribution in [1.82, 2.24) is 0 Å². The normalized spacial score (nSPS) is 12.0. The van der Waals surface area contributed by atoms with Crippen molar-refractivity contribution in [2.24, 2.45) is 7.05 Å². The Balaban J connectivity index is 2.09. The Morgan fingerprint density at radius 3 is 2.35 bits per heavy atom. The molecule has 0 N–H and O–H groups in total. The van der Waals surface area contributed by atoms with Gasteiger partial charge in [0.2, 0.25) is 0 Å². The summed E-state index contributed by atoms with van der Waals surface area (Å²) >= 11 is 0. The summed E-state index contributed by atoms with van der Waals surface area (Å²) in [6.45, 7) is 0. The third kappa shape index (κ3) is 2.27. The van der Waals surface area contributed by atoms with Crippen LogP contribution in [0.15, 0.2) is 53.2 Å². The van der Waals surface area contributed by atoms with Gasteiger partial charge in [0.25, 0.3) is 0 Å². The molecule has 0 aliphatic heterocycles. The average molecular weight is 278 g/mol. The Hall–Kier alpha value is -2.30. The zero-order valence-electron chi connectivity index (χ0n) is 10.6. The van der Waals surface area contributed by atoms with Crippen molar-refractivity contribution < 1.29 is 22.2 Å². The summed E-state index contributed by atoms with van der Waals surface area (Å²) in [6, 6.07) is 8.81. The molecule has 0 radical (unpaired) electrons. The molecule has 2 nitrogen and oxygen atoms in total. The van der Waals surface area contributed by atoms with Crippen LogP contribution >= 0.6 is 0 Å². The van der Waals surface area contributed by atoms with E-state index in [1.165, 1.54) is 6.07 Å². The molecule has 0 saturated carbocycles. The number of pyridine rings is 1. The summed E-state index contributed by atoms with van der Waals surface area (Å²) in [5, 5.41) is 0.447. The predicted octanol–water partition coefficient (Wildman–Crippen LogP) is 3.94. The van der Waals surface area contributed by atoms with Crippen molar-refractivity contribution in [3.05, 3.63) is 54.4 Å². The minimum Gasteiger partial charge on any atom is -0.456 e. The van der Waals surface area contributed by atoms with E-state index in [-0.39, 0.29) is 0 Å². The first kappa shape index (κ1) is 12.7. The zero-order chi connectivity index (χ0) is 14.3. The van der Waals surface area contributed by atoms with Crippen LogP contribution in [0.25, 0.3) is 22.3 Å². The van der Waals surface area contributed by atoms with E-state index in [0.717, 1.165) is 17.7 Å².